The number of amides is 2. The van der Waals surface area contributed by atoms with Gasteiger partial charge < -0.3 is 29.2 Å². The topological polar surface area (TPSA) is 117 Å². The Morgan fingerprint density at radius 1 is 1.22 bits per heavy atom. The number of fused-ring (bicyclic) bond motifs is 1. The summed E-state index contributed by atoms with van der Waals surface area (Å²) < 4.78 is 47.9. The summed E-state index contributed by atoms with van der Waals surface area (Å²) in [6, 6.07) is 7.47. The number of hydrogen-bond donors (Lipinski definition) is 1. The van der Waals surface area contributed by atoms with E-state index < -0.39 is 18.6 Å². The molecule has 11 nitrogen and oxygen atoms in total. The van der Waals surface area contributed by atoms with Crippen LogP contribution in [0, 0.1) is 0 Å². The second kappa shape index (κ2) is 11.2. The van der Waals surface area contributed by atoms with Crippen molar-refractivity contribution in [1.82, 2.24) is 19.7 Å². The van der Waals surface area contributed by atoms with Gasteiger partial charge in [0.25, 0.3) is 11.8 Å². The number of ether oxygens (including phenoxy) is 4. The highest BCUT2D eigenvalue weighted by atomic mass is 19.3. The van der Waals surface area contributed by atoms with Crippen LogP contribution in [-0.2, 0) is 11.8 Å². The van der Waals surface area contributed by atoms with Crippen LogP contribution in [0.15, 0.2) is 42.7 Å². The summed E-state index contributed by atoms with van der Waals surface area (Å²) in [5.41, 5.74) is 0.454. The molecule has 2 amide bonds. The van der Waals surface area contributed by atoms with Crippen LogP contribution in [0.1, 0.15) is 27.6 Å². The molecule has 0 radical (unpaired) electrons. The zero-order valence-electron chi connectivity index (χ0n) is 20.3. The van der Waals surface area contributed by atoms with E-state index in [1.165, 1.54) is 40.0 Å². The van der Waals surface area contributed by atoms with E-state index in [-0.39, 0.29) is 35.5 Å². The number of pyridine rings is 1. The zero-order valence-corrected chi connectivity index (χ0v) is 20.3. The Kier molecular flexibility index (Phi) is 7.82. The quantitative estimate of drug-likeness (QED) is 0.460. The number of aryl methyl sites for hydroxylation is 1. The van der Waals surface area contributed by atoms with Gasteiger partial charge in [-0.3, -0.25) is 14.3 Å². The molecule has 1 aliphatic heterocycles. The predicted molar refractivity (Wildman–Crippen MR) is 126 cm³/mol. The molecule has 0 spiro atoms. The number of rotatable bonds is 9. The van der Waals surface area contributed by atoms with E-state index in [2.05, 4.69) is 20.1 Å². The van der Waals surface area contributed by atoms with E-state index in [1.807, 2.05) is 0 Å². The highest BCUT2D eigenvalue weighted by Gasteiger charge is 2.22. The number of benzene rings is 1. The second-order valence-electron chi connectivity index (χ2n) is 8.24. The summed E-state index contributed by atoms with van der Waals surface area (Å²) in [6.45, 7) is -1.04. The van der Waals surface area contributed by atoms with Gasteiger partial charge in [0.2, 0.25) is 5.88 Å². The number of carbonyl (C=O) groups is 2. The van der Waals surface area contributed by atoms with Crippen LogP contribution in [0.25, 0.3) is 0 Å². The second-order valence-corrected chi connectivity index (χ2v) is 8.24. The highest BCUT2D eigenvalue weighted by molar-refractivity contribution is 6.04. The average Bonchev–Trinajstić information content (AvgIpc) is 3.20. The van der Waals surface area contributed by atoms with Crippen molar-refractivity contribution < 1.29 is 37.3 Å². The molecule has 1 aromatic carbocycles. The van der Waals surface area contributed by atoms with Gasteiger partial charge in [0.05, 0.1) is 13.2 Å². The number of nitrogens with zero attached hydrogens (tertiary/aromatic N) is 4. The van der Waals surface area contributed by atoms with Crippen LogP contribution in [0.3, 0.4) is 0 Å². The first-order valence-electron chi connectivity index (χ1n) is 11.3. The summed E-state index contributed by atoms with van der Waals surface area (Å²) in [6.07, 6.45) is 2.27. The Balaban J connectivity index is 1.60. The Labute approximate surface area is 210 Å². The lowest BCUT2D eigenvalue weighted by Crippen LogP contribution is -2.27. The standard InChI is InChI=1S/C24H25F2N5O6/c1-14(13-35-24(25)26)36-16-8-15(22(32)28-20-4-5-31(3)29-20)9-17(10-16)37-21-11-19-18(12-27-21)23(33)30(2)6-7-34-19/h4-5,8-12,14,24H,6-7,13H2,1-3H3,(H,28,29,32)/t14-/m0/s1. The Hall–Kier alpha value is -4.26. The normalized spacial score (nSPS) is 14.0. The number of likely N-dealkylation sites (N-methyl/N-ethyl adjacent to an activating group) is 1. The third-order valence-corrected chi connectivity index (χ3v) is 5.22. The lowest BCUT2D eigenvalue weighted by Gasteiger charge is -2.17. The summed E-state index contributed by atoms with van der Waals surface area (Å²) in [7, 11) is 3.38. The third-order valence-electron chi connectivity index (χ3n) is 5.22. The van der Waals surface area contributed by atoms with Crippen LogP contribution < -0.4 is 19.5 Å². The number of halogens is 2. The molecule has 0 bridgehead atoms. The Morgan fingerprint density at radius 2 is 2.00 bits per heavy atom. The molecule has 0 unspecified atom stereocenters. The minimum atomic E-state index is -2.94. The SMILES string of the molecule is C[C@@H](COC(F)F)Oc1cc(Oc2cc3c(cn2)C(=O)N(C)CCO3)cc(C(=O)Nc2ccn(C)n2)c1. The molecule has 3 heterocycles. The molecule has 1 N–H and O–H groups in total. The first-order chi connectivity index (χ1) is 17.7. The molecule has 13 heteroatoms. The number of anilines is 1. The summed E-state index contributed by atoms with van der Waals surface area (Å²) in [5.74, 6) is 0.384. The van der Waals surface area contributed by atoms with Gasteiger partial charge in [-0.1, -0.05) is 0 Å². The number of nitrogens with one attached hydrogen (secondary N) is 1. The van der Waals surface area contributed by atoms with Gasteiger partial charge in [-0.15, -0.1) is 0 Å². The van der Waals surface area contributed by atoms with E-state index in [0.29, 0.717) is 30.3 Å². The highest BCUT2D eigenvalue weighted by Crippen LogP contribution is 2.31. The van der Waals surface area contributed by atoms with E-state index >= 15 is 0 Å². The van der Waals surface area contributed by atoms with Crippen LogP contribution in [0.5, 0.6) is 23.1 Å². The van der Waals surface area contributed by atoms with Crippen LogP contribution in [-0.4, -0.2) is 71.0 Å². The van der Waals surface area contributed by atoms with Crippen molar-refractivity contribution in [3.63, 3.8) is 0 Å². The van der Waals surface area contributed by atoms with Crippen molar-refractivity contribution >= 4 is 17.6 Å². The molecule has 1 atom stereocenters. The fraction of sp³-hybridized carbons (Fsp3) is 0.333. The van der Waals surface area contributed by atoms with Gasteiger partial charge in [-0.2, -0.15) is 13.9 Å². The van der Waals surface area contributed by atoms with Gasteiger partial charge >= 0.3 is 6.61 Å². The van der Waals surface area contributed by atoms with Gasteiger partial charge in [0.15, 0.2) is 5.82 Å². The van der Waals surface area contributed by atoms with Crippen molar-refractivity contribution in [2.75, 3.05) is 32.1 Å². The average molecular weight is 517 g/mol. The van der Waals surface area contributed by atoms with E-state index in [9.17, 15) is 18.4 Å². The third kappa shape index (κ3) is 6.70. The largest absolute Gasteiger partial charge is 0.491 e. The van der Waals surface area contributed by atoms with Crippen molar-refractivity contribution in [3.8, 4) is 23.1 Å². The molecule has 0 saturated heterocycles. The smallest absolute Gasteiger partial charge is 0.345 e. The van der Waals surface area contributed by atoms with Crippen molar-refractivity contribution in [2.45, 2.75) is 19.6 Å². The van der Waals surface area contributed by atoms with Crippen LogP contribution in [0.4, 0.5) is 14.6 Å². The molecule has 0 saturated carbocycles. The molecule has 2 aromatic heterocycles. The molecule has 4 rings (SSSR count). The summed E-state index contributed by atoms with van der Waals surface area (Å²) >= 11 is 0. The van der Waals surface area contributed by atoms with Gasteiger partial charge in [0.1, 0.15) is 35.5 Å². The van der Waals surface area contributed by atoms with Crippen LogP contribution >= 0.6 is 0 Å². The number of carbonyl (C=O) groups excluding carboxylic acids is 2. The molecule has 0 fully saturated rings. The first kappa shape index (κ1) is 25.8. The first-order valence-corrected chi connectivity index (χ1v) is 11.3. The van der Waals surface area contributed by atoms with Crippen LogP contribution in [0.2, 0.25) is 0 Å². The molecule has 196 valence electrons. The van der Waals surface area contributed by atoms with Crippen molar-refractivity contribution in [2.24, 2.45) is 7.05 Å². The fourth-order valence-electron chi connectivity index (χ4n) is 3.45. The Morgan fingerprint density at radius 3 is 2.73 bits per heavy atom. The zero-order chi connectivity index (χ0) is 26.5. The fourth-order valence-corrected chi connectivity index (χ4v) is 3.45. The molecule has 0 aliphatic carbocycles. The van der Waals surface area contributed by atoms with Crippen molar-refractivity contribution in [3.05, 3.63) is 53.9 Å². The molecule has 1 aliphatic rings. The maximum Gasteiger partial charge on any atom is 0.345 e. The van der Waals surface area contributed by atoms with Gasteiger partial charge in [-0.25, -0.2) is 4.98 Å². The number of aromatic nitrogens is 3. The van der Waals surface area contributed by atoms with Gasteiger partial charge in [0, 0.05) is 50.3 Å². The summed E-state index contributed by atoms with van der Waals surface area (Å²) in [5, 5.41) is 6.78. The maximum atomic E-state index is 12.9. The van der Waals surface area contributed by atoms with Gasteiger partial charge in [-0.05, 0) is 19.1 Å². The molecular formula is C24H25F2N5O6. The maximum absolute atomic E-state index is 12.9. The number of hydrogen-bond acceptors (Lipinski definition) is 8. The predicted octanol–water partition coefficient (Wildman–Crippen LogP) is 3.33. The number of alkyl halides is 2. The minimum absolute atomic E-state index is 0.110. The molecule has 3 aromatic rings. The van der Waals surface area contributed by atoms with E-state index in [4.69, 9.17) is 14.2 Å². The monoisotopic (exact) mass is 517 g/mol. The minimum Gasteiger partial charge on any atom is -0.491 e. The summed E-state index contributed by atoms with van der Waals surface area (Å²) in [4.78, 5) is 31.1. The van der Waals surface area contributed by atoms with E-state index in [1.54, 1.807) is 33.3 Å². The van der Waals surface area contributed by atoms with Crippen molar-refractivity contribution in [1.29, 1.82) is 0 Å². The Bertz CT molecular complexity index is 1280. The van der Waals surface area contributed by atoms with E-state index in [0.717, 1.165) is 0 Å². The molecule has 37 heavy (non-hydrogen) atoms. The lowest BCUT2D eigenvalue weighted by molar-refractivity contribution is -0.142. The molecular weight excluding hydrogens is 492 g/mol. The lowest BCUT2D eigenvalue weighted by atomic mass is 10.2.